The highest BCUT2D eigenvalue weighted by molar-refractivity contribution is 7.90. The summed E-state index contributed by atoms with van der Waals surface area (Å²) in [7, 11) is -3.30. The lowest BCUT2D eigenvalue weighted by molar-refractivity contribution is -0.134. The van der Waals surface area contributed by atoms with Gasteiger partial charge in [-0.1, -0.05) is 6.07 Å². The number of sulfone groups is 1. The second-order valence-corrected chi connectivity index (χ2v) is 7.92. The molecule has 1 aliphatic heterocycles. The van der Waals surface area contributed by atoms with Gasteiger partial charge in [-0.2, -0.15) is 0 Å². The summed E-state index contributed by atoms with van der Waals surface area (Å²) in [4.78, 5) is 17.6. The van der Waals surface area contributed by atoms with Gasteiger partial charge >= 0.3 is 0 Å². The van der Waals surface area contributed by atoms with Crippen molar-refractivity contribution in [1.82, 2.24) is 9.88 Å². The van der Waals surface area contributed by atoms with Crippen LogP contribution in [0.1, 0.15) is 24.6 Å². The van der Waals surface area contributed by atoms with Crippen LogP contribution < -0.4 is 4.74 Å². The average Bonchev–Trinajstić information content (AvgIpc) is 3.22. The van der Waals surface area contributed by atoms with Gasteiger partial charge in [-0.15, -0.1) is 0 Å². The lowest BCUT2D eigenvalue weighted by atomic mass is 10.1. The molecule has 2 heterocycles. The molecule has 128 valence electrons. The highest BCUT2D eigenvalue weighted by Gasteiger charge is 2.30. The topological polar surface area (TPSA) is 79.5 Å². The quantitative estimate of drug-likeness (QED) is 0.898. The van der Waals surface area contributed by atoms with Gasteiger partial charge in [0.05, 0.1) is 10.9 Å². The van der Waals surface area contributed by atoms with Crippen LogP contribution >= 0.6 is 0 Å². The van der Waals surface area contributed by atoms with Crippen molar-refractivity contribution >= 4 is 15.7 Å². The number of ether oxygens (including phenoxy) is 1. The van der Waals surface area contributed by atoms with Gasteiger partial charge in [0.25, 0.3) is 5.91 Å². The predicted molar refractivity (Wildman–Crippen MR) is 89.5 cm³/mol. The third kappa shape index (κ3) is 3.62. The molecule has 1 N–H and O–H groups in total. The van der Waals surface area contributed by atoms with E-state index in [9.17, 15) is 13.2 Å². The van der Waals surface area contributed by atoms with Crippen molar-refractivity contribution in [2.75, 3.05) is 19.4 Å². The number of rotatable bonds is 5. The van der Waals surface area contributed by atoms with Crippen molar-refractivity contribution in [1.29, 1.82) is 0 Å². The fourth-order valence-corrected chi connectivity index (χ4v) is 3.62. The van der Waals surface area contributed by atoms with Gasteiger partial charge in [-0.25, -0.2) is 8.42 Å². The number of likely N-dealkylation sites (tertiary alicyclic amines) is 1. The first-order valence-corrected chi connectivity index (χ1v) is 9.70. The second-order valence-electron chi connectivity index (χ2n) is 5.91. The van der Waals surface area contributed by atoms with Crippen molar-refractivity contribution in [3.8, 4) is 5.75 Å². The van der Waals surface area contributed by atoms with E-state index in [4.69, 9.17) is 4.74 Å². The molecule has 7 heteroatoms. The zero-order valence-corrected chi connectivity index (χ0v) is 14.3. The summed E-state index contributed by atoms with van der Waals surface area (Å²) in [6, 6.07) is 10.2. The maximum Gasteiger partial charge on any atom is 0.261 e. The highest BCUT2D eigenvalue weighted by atomic mass is 32.2. The molecule has 3 rings (SSSR count). The third-order valence-corrected chi connectivity index (χ3v) is 5.26. The van der Waals surface area contributed by atoms with Crippen molar-refractivity contribution in [3.63, 3.8) is 0 Å². The largest absolute Gasteiger partial charge is 0.484 e. The summed E-state index contributed by atoms with van der Waals surface area (Å²) in [5.41, 5.74) is 1.03. The van der Waals surface area contributed by atoms with E-state index in [0.29, 0.717) is 12.3 Å². The number of carbonyl (C=O) groups excluding carboxylic acids is 1. The van der Waals surface area contributed by atoms with Gasteiger partial charge in [-0.3, -0.25) is 4.79 Å². The standard InChI is InChI=1S/C17H20N2O4S/c1-24(21,22)14-6-2-5-13(11-14)23-12-17(20)19-10-4-8-16(19)15-7-3-9-18-15/h2-3,5-7,9,11,16,18H,4,8,10,12H2,1H3/t16-/m1/s1. The van der Waals surface area contributed by atoms with Gasteiger partial charge in [0.2, 0.25) is 0 Å². The van der Waals surface area contributed by atoms with E-state index in [1.165, 1.54) is 12.1 Å². The van der Waals surface area contributed by atoms with Crippen LogP contribution in [0.15, 0.2) is 47.5 Å². The minimum absolute atomic E-state index is 0.0541. The Morgan fingerprint density at radius 2 is 2.17 bits per heavy atom. The number of benzene rings is 1. The molecule has 6 nitrogen and oxygen atoms in total. The minimum Gasteiger partial charge on any atom is -0.484 e. The predicted octanol–water partition coefficient (Wildman–Crippen LogP) is 2.16. The van der Waals surface area contributed by atoms with Crippen molar-refractivity contribution in [2.45, 2.75) is 23.8 Å². The van der Waals surface area contributed by atoms with Crippen molar-refractivity contribution < 1.29 is 17.9 Å². The highest BCUT2D eigenvalue weighted by Crippen LogP contribution is 2.31. The number of nitrogens with one attached hydrogen (secondary N) is 1. The van der Waals surface area contributed by atoms with Gasteiger partial charge in [0.15, 0.2) is 16.4 Å². The lowest BCUT2D eigenvalue weighted by Crippen LogP contribution is -2.34. The minimum atomic E-state index is -3.30. The van der Waals surface area contributed by atoms with E-state index in [-0.39, 0.29) is 23.5 Å². The molecular formula is C17H20N2O4S. The molecule has 0 unspecified atom stereocenters. The van der Waals surface area contributed by atoms with E-state index in [0.717, 1.165) is 24.8 Å². The number of H-pyrrole nitrogens is 1. The number of aromatic nitrogens is 1. The average molecular weight is 348 g/mol. The lowest BCUT2D eigenvalue weighted by Gasteiger charge is -2.24. The summed E-state index contributed by atoms with van der Waals surface area (Å²) < 4.78 is 28.7. The molecule has 0 saturated carbocycles. The first-order chi connectivity index (χ1) is 11.4. The van der Waals surface area contributed by atoms with E-state index < -0.39 is 9.84 Å². The van der Waals surface area contributed by atoms with E-state index in [1.54, 1.807) is 12.1 Å². The molecule has 1 amide bonds. The Hall–Kier alpha value is -2.28. The molecule has 0 radical (unpaired) electrons. The molecule has 1 aromatic carbocycles. The molecule has 1 saturated heterocycles. The number of hydrogen-bond acceptors (Lipinski definition) is 4. The zero-order valence-electron chi connectivity index (χ0n) is 13.4. The number of hydrogen-bond donors (Lipinski definition) is 1. The fraction of sp³-hybridized carbons (Fsp3) is 0.353. The maximum absolute atomic E-state index is 12.5. The zero-order chi connectivity index (χ0) is 17.2. The number of amides is 1. The van der Waals surface area contributed by atoms with Crippen LogP contribution in [0, 0.1) is 0 Å². The second kappa shape index (κ2) is 6.68. The molecule has 0 spiro atoms. The number of nitrogens with zero attached hydrogens (tertiary/aromatic N) is 1. The Kier molecular flexibility index (Phi) is 4.62. The van der Waals surface area contributed by atoms with Crippen LogP contribution in [0.3, 0.4) is 0 Å². The number of aromatic amines is 1. The molecule has 1 aromatic heterocycles. The van der Waals surface area contributed by atoms with E-state index in [1.807, 2.05) is 23.2 Å². The molecule has 0 aliphatic carbocycles. The summed E-state index contributed by atoms with van der Waals surface area (Å²) in [6.07, 6.45) is 4.88. The van der Waals surface area contributed by atoms with Crippen LogP contribution in [-0.2, 0) is 14.6 Å². The fourth-order valence-electron chi connectivity index (χ4n) is 2.96. The molecule has 1 aliphatic rings. The molecule has 1 fully saturated rings. The van der Waals surface area contributed by atoms with Crippen molar-refractivity contribution in [2.24, 2.45) is 0 Å². The van der Waals surface area contributed by atoms with E-state index >= 15 is 0 Å². The molecule has 1 atom stereocenters. The normalized spacial score (nSPS) is 17.9. The number of carbonyl (C=O) groups is 1. The molecule has 0 bridgehead atoms. The van der Waals surface area contributed by atoms with Gasteiger partial charge < -0.3 is 14.6 Å². The van der Waals surface area contributed by atoms with Crippen LogP contribution in [-0.4, -0.2) is 43.6 Å². The van der Waals surface area contributed by atoms with Crippen LogP contribution in [0.4, 0.5) is 0 Å². The van der Waals surface area contributed by atoms with Crippen LogP contribution in [0.2, 0.25) is 0 Å². The van der Waals surface area contributed by atoms with Crippen LogP contribution in [0.5, 0.6) is 5.75 Å². The molecular weight excluding hydrogens is 328 g/mol. The Bertz CT molecular complexity index is 815. The van der Waals surface area contributed by atoms with Crippen LogP contribution in [0.25, 0.3) is 0 Å². The third-order valence-electron chi connectivity index (χ3n) is 4.15. The Morgan fingerprint density at radius 3 is 2.88 bits per heavy atom. The summed E-state index contributed by atoms with van der Waals surface area (Å²) in [6.45, 7) is 0.597. The first-order valence-electron chi connectivity index (χ1n) is 7.81. The summed E-state index contributed by atoms with van der Waals surface area (Å²) >= 11 is 0. The van der Waals surface area contributed by atoms with Gasteiger partial charge in [0, 0.05) is 24.7 Å². The van der Waals surface area contributed by atoms with Gasteiger partial charge in [-0.05, 0) is 43.2 Å². The Balaban J connectivity index is 1.65. The molecule has 24 heavy (non-hydrogen) atoms. The Morgan fingerprint density at radius 1 is 1.33 bits per heavy atom. The summed E-state index contributed by atoms with van der Waals surface area (Å²) in [5, 5.41) is 0. The Labute approximate surface area is 141 Å². The van der Waals surface area contributed by atoms with E-state index in [2.05, 4.69) is 4.98 Å². The van der Waals surface area contributed by atoms with Gasteiger partial charge in [0.1, 0.15) is 5.75 Å². The maximum atomic E-state index is 12.5. The first kappa shape index (κ1) is 16.6. The SMILES string of the molecule is CS(=O)(=O)c1cccc(OCC(=O)N2CCC[C@@H]2c2ccc[nH]2)c1. The summed E-state index contributed by atoms with van der Waals surface area (Å²) in [5.74, 6) is 0.277. The molecule has 2 aromatic rings. The van der Waals surface area contributed by atoms with Crippen molar-refractivity contribution in [3.05, 3.63) is 48.3 Å². The monoisotopic (exact) mass is 348 g/mol. The smallest absolute Gasteiger partial charge is 0.261 e.